The molecule has 1 aromatic heterocycles. The van der Waals surface area contributed by atoms with E-state index in [1.807, 2.05) is 0 Å². The molecule has 2 nitrogen and oxygen atoms in total. The van der Waals surface area contributed by atoms with E-state index >= 15 is 0 Å². The van der Waals surface area contributed by atoms with Crippen LogP contribution in [0.4, 0.5) is 0 Å². The maximum atomic E-state index is 4.42. The van der Waals surface area contributed by atoms with Gasteiger partial charge in [-0.15, -0.1) is 23.7 Å². The van der Waals surface area contributed by atoms with E-state index in [-0.39, 0.29) is 12.4 Å². The number of thiazole rings is 1. The average Bonchev–Trinajstić information content (AvgIpc) is 2.56. The van der Waals surface area contributed by atoms with Gasteiger partial charge in [-0.2, -0.15) is 0 Å². The number of nitrogens with zero attached hydrogens (tertiary/aromatic N) is 1. The van der Waals surface area contributed by atoms with E-state index < -0.39 is 0 Å². The number of rotatable bonds is 6. The minimum atomic E-state index is 0. The van der Waals surface area contributed by atoms with Crippen molar-refractivity contribution >= 4 is 23.7 Å². The standard InChI is InChI=1S/C13H24N2S.ClH/c1-11-15-12(10-16-11)9-14-8-6-5-7-13(2,3)4;/h10,14H,5-9H2,1-4H3;1H. The number of nitrogens with one attached hydrogen (secondary N) is 1. The van der Waals surface area contributed by atoms with Gasteiger partial charge in [0.25, 0.3) is 0 Å². The highest BCUT2D eigenvalue weighted by atomic mass is 35.5. The van der Waals surface area contributed by atoms with Gasteiger partial charge in [-0.1, -0.05) is 27.2 Å². The van der Waals surface area contributed by atoms with Crippen molar-refractivity contribution in [3.05, 3.63) is 16.1 Å². The van der Waals surface area contributed by atoms with Crippen molar-refractivity contribution in [2.24, 2.45) is 5.41 Å². The molecule has 0 aliphatic carbocycles. The maximum Gasteiger partial charge on any atom is 0.0897 e. The molecule has 1 N–H and O–H groups in total. The van der Waals surface area contributed by atoms with Crippen LogP contribution in [0, 0.1) is 12.3 Å². The summed E-state index contributed by atoms with van der Waals surface area (Å²) in [6.07, 6.45) is 3.89. The minimum Gasteiger partial charge on any atom is -0.311 e. The first-order chi connectivity index (χ1) is 7.47. The molecule has 0 saturated heterocycles. The second-order valence-electron chi connectivity index (χ2n) is 5.55. The van der Waals surface area contributed by atoms with E-state index in [0.29, 0.717) is 5.41 Å². The second-order valence-corrected chi connectivity index (χ2v) is 6.61. The average molecular weight is 277 g/mol. The molecule has 1 heterocycles. The fraction of sp³-hybridized carbons (Fsp3) is 0.769. The van der Waals surface area contributed by atoms with E-state index in [4.69, 9.17) is 0 Å². The van der Waals surface area contributed by atoms with E-state index in [9.17, 15) is 0 Å². The number of halogens is 1. The normalized spacial score (nSPS) is 11.3. The Bertz CT molecular complexity index is 305. The van der Waals surface area contributed by atoms with E-state index in [1.165, 1.54) is 25.0 Å². The molecule has 0 amide bonds. The molecule has 0 aromatic carbocycles. The van der Waals surface area contributed by atoms with E-state index in [0.717, 1.165) is 18.1 Å². The molecule has 0 fully saturated rings. The van der Waals surface area contributed by atoms with E-state index in [1.54, 1.807) is 11.3 Å². The molecular weight excluding hydrogens is 252 g/mol. The Labute approximate surface area is 116 Å². The topological polar surface area (TPSA) is 24.9 Å². The lowest BCUT2D eigenvalue weighted by molar-refractivity contribution is 0.358. The smallest absolute Gasteiger partial charge is 0.0897 e. The van der Waals surface area contributed by atoms with Crippen LogP contribution in [-0.2, 0) is 6.54 Å². The highest BCUT2D eigenvalue weighted by Crippen LogP contribution is 2.21. The largest absolute Gasteiger partial charge is 0.311 e. The summed E-state index contributed by atoms with van der Waals surface area (Å²) < 4.78 is 0. The molecule has 0 bridgehead atoms. The molecule has 4 heteroatoms. The van der Waals surface area contributed by atoms with Gasteiger partial charge in [-0.05, 0) is 31.7 Å². The van der Waals surface area contributed by atoms with Gasteiger partial charge >= 0.3 is 0 Å². The first-order valence-corrected chi connectivity index (χ1v) is 6.97. The molecule has 0 unspecified atom stereocenters. The van der Waals surface area contributed by atoms with E-state index in [2.05, 4.69) is 43.4 Å². The van der Waals surface area contributed by atoms with Crippen LogP contribution in [0.3, 0.4) is 0 Å². The number of aryl methyl sites for hydroxylation is 1. The zero-order valence-corrected chi connectivity index (χ0v) is 13.0. The summed E-state index contributed by atoms with van der Waals surface area (Å²) in [5.74, 6) is 0. The molecule has 0 spiro atoms. The van der Waals surface area contributed by atoms with Crippen molar-refractivity contribution in [3.63, 3.8) is 0 Å². The number of hydrogen-bond acceptors (Lipinski definition) is 3. The van der Waals surface area contributed by atoms with Crippen LogP contribution >= 0.6 is 23.7 Å². The summed E-state index contributed by atoms with van der Waals surface area (Å²) in [5, 5.41) is 6.74. The zero-order chi connectivity index (χ0) is 12.0. The third-order valence-corrected chi connectivity index (χ3v) is 3.33. The van der Waals surface area contributed by atoms with Crippen LogP contribution in [-0.4, -0.2) is 11.5 Å². The molecular formula is C13H25ClN2S. The summed E-state index contributed by atoms with van der Waals surface area (Å²) in [6.45, 7) is 11.0. The molecule has 17 heavy (non-hydrogen) atoms. The fourth-order valence-electron chi connectivity index (χ4n) is 1.61. The van der Waals surface area contributed by atoms with Crippen molar-refractivity contribution in [2.75, 3.05) is 6.54 Å². The predicted molar refractivity (Wildman–Crippen MR) is 79.1 cm³/mol. The summed E-state index contributed by atoms with van der Waals surface area (Å²) in [7, 11) is 0. The van der Waals surface area contributed by atoms with Crippen LogP contribution < -0.4 is 5.32 Å². The quantitative estimate of drug-likeness (QED) is 0.789. The number of unbranched alkanes of at least 4 members (excludes halogenated alkanes) is 1. The maximum absolute atomic E-state index is 4.42. The van der Waals surface area contributed by atoms with Gasteiger partial charge in [-0.25, -0.2) is 4.98 Å². The van der Waals surface area contributed by atoms with Crippen LogP contribution in [0.1, 0.15) is 50.7 Å². The summed E-state index contributed by atoms with van der Waals surface area (Å²) in [4.78, 5) is 4.42. The monoisotopic (exact) mass is 276 g/mol. The first kappa shape index (κ1) is 16.9. The fourth-order valence-corrected chi connectivity index (χ4v) is 2.22. The highest BCUT2D eigenvalue weighted by molar-refractivity contribution is 7.09. The molecule has 0 aliphatic heterocycles. The molecule has 0 aliphatic rings. The van der Waals surface area contributed by atoms with Crippen molar-refractivity contribution in [3.8, 4) is 0 Å². The number of hydrogen-bond donors (Lipinski definition) is 1. The van der Waals surface area contributed by atoms with Crippen molar-refractivity contribution in [2.45, 2.75) is 53.5 Å². The minimum absolute atomic E-state index is 0. The molecule has 100 valence electrons. The first-order valence-electron chi connectivity index (χ1n) is 6.09. The Kier molecular flexibility index (Phi) is 8.01. The van der Waals surface area contributed by atoms with Crippen LogP contribution in [0.5, 0.6) is 0 Å². The van der Waals surface area contributed by atoms with Crippen molar-refractivity contribution in [1.29, 1.82) is 0 Å². The molecule has 0 atom stereocenters. The lowest BCUT2D eigenvalue weighted by Crippen LogP contribution is -2.15. The Morgan fingerprint density at radius 2 is 2.00 bits per heavy atom. The highest BCUT2D eigenvalue weighted by Gasteiger charge is 2.08. The Hall–Kier alpha value is -0.120. The lowest BCUT2D eigenvalue weighted by Gasteiger charge is -2.17. The SMILES string of the molecule is Cc1nc(CNCCCCC(C)(C)C)cs1.Cl. The number of aromatic nitrogens is 1. The summed E-state index contributed by atoms with van der Waals surface area (Å²) in [5.41, 5.74) is 1.66. The second kappa shape index (κ2) is 8.06. The van der Waals surface area contributed by atoms with Gasteiger partial charge in [0.15, 0.2) is 0 Å². The van der Waals surface area contributed by atoms with Crippen LogP contribution in [0.15, 0.2) is 5.38 Å². The summed E-state index contributed by atoms with van der Waals surface area (Å²) in [6, 6.07) is 0. The van der Waals surface area contributed by atoms with Crippen molar-refractivity contribution < 1.29 is 0 Å². The van der Waals surface area contributed by atoms with Gasteiger partial charge in [0.2, 0.25) is 0 Å². The predicted octanol–water partition coefficient (Wildman–Crippen LogP) is 4.18. The third-order valence-electron chi connectivity index (χ3n) is 2.50. The Morgan fingerprint density at radius 1 is 1.29 bits per heavy atom. The third kappa shape index (κ3) is 8.58. The van der Waals surface area contributed by atoms with Gasteiger partial charge in [0.05, 0.1) is 10.7 Å². The van der Waals surface area contributed by atoms with Crippen molar-refractivity contribution in [1.82, 2.24) is 10.3 Å². The van der Waals surface area contributed by atoms with Crippen LogP contribution in [0.25, 0.3) is 0 Å². The van der Waals surface area contributed by atoms with Gasteiger partial charge in [0, 0.05) is 11.9 Å². The Balaban J connectivity index is 0.00000256. The lowest BCUT2D eigenvalue weighted by atomic mass is 9.90. The zero-order valence-electron chi connectivity index (χ0n) is 11.4. The molecule has 0 radical (unpaired) electrons. The van der Waals surface area contributed by atoms with Gasteiger partial charge in [-0.3, -0.25) is 0 Å². The van der Waals surface area contributed by atoms with Crippen LogP contribution in [0.2, 0.25) is 0 Å². The molecule has 0 saturated carbocycles. The Morgan fingerprint density at radius 3 is 2.53 bits per heavy atom. The molecule has 1 rings (SSSR count). The van der Waals surface area contributed by atoms with Gasteiger partial charge < -0.3 is 5.32 Å². The molecule has 1 aromatic rings. The van der Waals surface area contributed by atoms with Gasteiger partial charge in [0.1, 0.15) is 0 Å². The summed E-state index contributed by atoms with van der Waals surface area (Å²) >= 11 is 1.72.